The van der Waals surface area contributed by atoms with Crippen molar-refractivity contribution < 1.29 is 26.4 Å². The van der Waals surface area contributed by atoms with Gasteiger partial charge >= 0.3 is 6.18 Å². The molecule has 0 saturated carbocycles. The molecule has 1 aromatic rings. The van der Waals surface area contributed by atoms with Crippen LogP contribution in [0.2, 0.25) is 0 Å². The Bertz CT molecular complexity index is 685. The molecule has 1 heterocycles. The molecule has 3 nitrogen and oxygen atoms in total. The monoisotopic (exact) mass is 290 g/mol. The fourth-order valence-corrected chi connectivity index (χ4v) is 3.39. The largest absolute Gasteiger partial charge is 0.416 e. The van der Waals surface area contributed by atoms with Crippen molar-refractivity contribution >= 4 is 21.2 Å². The van der Waals surface area contributed by atoms with Gasteiger partial charge < -0.3 is 0 Å². The molecule has 0 radical (unpaired) electrons. The van der Waals surface area contributed by atoms with Crippen LogP contribution in [-0.4, -0.2) is 14.2 Å². The number of hydrogen-bond donors (Lipinski definition) is 0. The number of hydrogen-bond acceptors (Lipinski definition) is 3. The summed E-state index contributed by atoms with van der Waals surface area (Å²) in [5, 5.41) is 0.860. The highest BCUT2D eigenvalue weighted by molar-refractivity contribution is 7.95. The number of fused-ring (bicyclic) bond motifs is 1. The highest BCUT2D eigenvalue weighted by atomic mass is 32.2. The predicted octanol–water partition coefficient (Wildman–Crippen LogP) is 2.81. The van der Waals surface area contributed by atoms with Crippen LogP contribution in [0.25, 0.3) is 5.57 Å². The van der Waals surface area contributed by atoms with Gasteiger partial charge in [-0.3, -0.25) is 4.79 Å². The van der Waals surface area contributed by atoms with Crippen molar-refractivity contribution in [3.63, 3.8) is 0 Å². The van der Waals surface area contributed by atoms with Crippen LogP contribution in [0.4, 0.5) is 13.2 Å². The molecule has 1 aliphatic heterocycles. The number of sulfone groups is 1. The third-order valence-electron chi connectivity index (χ3n) is 2.70. The highest BCUT2D eigenvalue weighted by Gasteiger charge is 2.34. The summed E-state index contributed by atoms with van der Waals surface area (Å²) < 4.78 is 61.3. The van der Waals surface area contributed by atoms with Crippen LogP contribution >= 0.6 is 0 Å². The van der Waals surface area contributed by atoms with E-state index >= 15 is 0 Å². The smallest absolute Gasteiger partial charge is 0.300 e. The van der Waals surface area contributed by atoms with E-state index in [1.54, 1.807) is 0 Å². The molecular formula is C12H9F3O3S. The maximum Gasteiger partial charge on any atom is 0.416 e. The summed E-state index contributed by atoms with van der Waals surface area (Å²) >= 11 is 0. The average molecular weight is 290 g/mol. The van der Waals surface area contributed by atoms with Gasteiger partial charge in [0.05, 0.1) is 10.5 Å². The van der Waals surface area contributed by atoms with E-state index in [1.165, 1.54) is 6.92 Å². The molecule has 0 spiro atoms. The zero-order chi connectivity index (χ0) is 14.4. The molecule has 1 aliphatic rings. The first kappa shape index (κ1) is 13.8. The summed E-state index contributed by atoms with van der Waals surface area (Å²) in [5.74, 6) is -0.313. The van der Waals surface area contributed by atoms with Gasteiger partial charge in [-0.15, -0.1) is 0 Å². The number of benzene rings is 1. The standard InChI is InChI=1S/C12H9F3O3S/c1-7(16)4-8-6-19(17,18)11-3-2-9(5-10(8)11)12(13,14)15/h2-3,5-6H,4H2,1H3. The minimum atomic E-state index is -4.55. The second-order valence-electron chi connectivity index (χ2n) is 4.28. The van der Waals surface area contributed by atoms with Crippen LogP contribution in [0.5, 0.6) is 0 Å². The summed E-state index contributed by atoms with van der Waals surface area (Å²) in [6.45, 7) is 1.25. The molecule has 0 saturated heterocycles. The Labute approximate surface area is 107 Å². The molecule has 0 amide bonds. The van der Waals surface area contributed by atoms with Crippen LogP contribution in [0, 0.1) is 0 Å². The van der Waals surface area contributed by atoms with E-state index in [0.717, 1.165) is 23.6 Å². The number of rotatable bonds is 2. The van der Waals surface area contributed by atoms with Crippen molar-refractivity contribution in [3.8, 4) is 0 Å². The first-order valence-corrected chi connectivity index (χ1v) is 6.82. The van der Waals surface area contributed by atoms with E-state index in [4.69, 9.17) is 0 Å². The summed E-state index contributed by atoms with van der Waals surface area (Å²) in [5.41, 5.74) is -0.864. The number of alkyl halides is 3. The van der Waals surface area contributed by atoms with Crippen molar-refractivity contribution in [2.45, 2.75) is 24.4 Å². The Morgan fingerprint density at radius 2 is 1.89 bits per heavy atom. The van der Waals surface area contributed by atoms with Crippen molar-refractivity contribution in [2.24, 2.45) is 0 Å². The molecule has 2 rings (SSSR count). The van der Waals surface area contributed by atoms with Gasteiger partial charge in [0.25, 0.3) is 0 Å². The molecule has 0 N–H and O–H groups in total. The van der Waals surface area contributed by atoms with E-state index in [1.807, 2.05) is 0 Å². The lowest BCUT2D eigenvalue weighted by Crippen LogP contribution is -2.06. The fourth-order valence-electron chi connectivity index (χ4n) is 1.92. The predicted molar refractivity (Wildman–Crippen MR) is 61.9 cm³/mol. The van der Waals surface area contributed by atoms with E-state index in [2.05, 4.69) is 0 Å². The Kier molecular flexibility index (Phi) is 3.04. The topological polar surface area (TPSA) is 51.2 Å². The molecule has 7 heteroatoms. The first-order chi connectivity index (χ1) is 8.61. The van der Waals surface area contributed by atoms with Gasteiger partial charge in [0.15, 0.2) is 0 Å². The molecule has 0 aliphatic carbocycles. The van der Waals surface area contributed by atoms with Crippen LogP contribution in [0.3, 0.4) is 0 Å². The van der Waals surface area contributed by atoms with Crippen molar-refractivity contribution in [3.05, 3.63) is 34.7 Å². The van der Waals surface area contributed by atoms with Gasteiger partial charge in [-0.05, 0) is 36.3 Å². The van der Waals surface area contributed by atoms with Crippen LogP contribution < -0.4 is 0 Å². The second-order valence-corrected chi connectivity index (χ2v) is 6.04. The first-order valence-electron chi connectivity index (χ1n) is 5.28. The summed E-state index contributed by atoms with van der Waals surface area (Å²) in [6.07, 6.45) is -4.75. The molecule has 0 atom stereocenters. The van der Waals surface area contributed by atoms with E-state index in [-0.39, 0.29) is 28.2 Å². The van der Waals surface area contributed by atoms with Gasteiger partial charge in [0.1, 0.15) is 5.78 Å². The molecule has 19 heavy (non-hydrogen) atoms. The van der Waals surface area contributed by atoms with E-state index in [9.17, 15) is 26.4 Å². The summed E-state index contributed by atoms with van der Waals surface area (Å²) in [7, 11) is -3.74. The number of carbonyl (C=O) groups is 1. The lowest BCUT2D eigenvalue weighted by Gasteiger charge is -2.09. The zero-order valence-corrected chi connectivity index (χ0v) is 10.6. The highest BCUT2D eigenvalue weighted by Crippen LogP contribution is 2.39. The van der Waals surface area contributed by atoms with Crippen molar-refractivity contribution in [2.75, 3.05) is 0 Å². The van der Waals surface area contributed by atoms with Gasteiger partial charge in [0.2, 0.25) is 9.84 Å². The third-order valence-corrected chi connectivity index (χ3v) is 4.26. The molecule has 102 valence electrons. The van der Waals surface area contributed by atoms with Crippen molar-refractivity contribution in [1.29, 1.82) is 0 Å². The van der Waals surface area contributed by atoms with E-state index < -0.39 is 21.6 Å². The Morgan fingerprint density at radius 3 is 2.42 bits per heavy atom. The minimum absolute atomic E-state index is 0.0370. The lowest BCUT2D eigenvalue weighted by atomic mass is 10.0. The number of ketones is 1. The lowest BCUT2D eigenvalue weighted by molar-refractivity contribution is -0.137. The molecular weight excluding hydrogens is 281 g/mol. The van der Waals surface area contributed by atoms with E-state index in [0.29, 0.717) is 0 Å². The molecule has 0 unspecified atom stereocenters. The summed E-state index contributed by atoms with van der Waals surface area (Å²) in [6, 6.07) is 2.42. The maximum atomic E-state index is 12.6. The number of allylic oxidation sites excluding steroid dienone is 1. The van der Waals surface area contributed by atoms with Crippen LogP contribution in [0.15, 0.2) is 28.5 Å². The van der Waals surface area contributed by atoms with Gasteiger partial charge in [-0.1, -0.05) is 0 Å². The van der Waals surface area contributed by atoms with Gasteiger partial charge in [-0.25, -0.2) is 8.42 Å². The van der Waals surface area contributed by atoms with Crippen molar-refractivity contribution in [1.82, 2.24) is 0 Å². The zero-order valence-electron chi connectivity index (χ0n) is 9.78. The van der Waals surface area contributed by atoms with Crippen LogP contribution in [0.1, 0.15) is 24.5 Å². The van der Waals surface area contributed by atoms with Crippen LogP contribution in [-0.2, 0) is 20.8 Å². The molecule has 0 bridgehead atoms. The number of carbonyl (C=O) groups excluding carboxylic acids is 1. The second kappa shape index (κ2) is 4.19. The molecule has 0 fully saturated rings. The maximum absolute atomic E-state index is 12.6. The number of halogens is 3. The fraction of sp³-hybridized carbons (Fsp3) is 0.250. The minimum Gasteiger partial charge on any atom is -0.300 e. The summed E-state index contributed by atoms with van der Waals surface area (Å²) in [4.78, 5) is 10.9. The molecule has 0 aromatic heterocycles. The Balaban J connectivity index is 2.61. The van der Waals surface area contributed by atoms with Gasteiger partial charge in [-0.2, -0.15) is 13.2 Å². The van der Waals surface area contributed by atoms with Gasteiger partial charge in [0, 0.05) is 11.8 Å². The molecule has 1 aromatic carbocycles. The quantitative estimate of drug-likeness (QED) is 0.841. The Hall–Kier alpha value is -1.63. The average Bonchev–Trinajstić information content (AvgIpc) is 2.48. The normalized spacial score (nSPS) is 16.9. The Morgan fingerprint density at radius 1 is 1.26 bits per heavy atom. The number of Topliss-reactive ketones (excluding diaryl/α,β-unsaturated/α-hetero) is 1. The third kappa shape index (κ3) is 2.56. The SMILES string of the molecule is CC(=O)CC1=CS(=O)(=O)c2ccc(C(F)(F)F)cc21.